The Bertz CT molecular complexity index is 197. The molecule has 0 aromatic rings. The van der Waals surface area contributed by atoms with Gasteiger partial charge in [-0.2, -0.15) is 0 Å². The summed E-state index contributed by atoms with van der Waals surface area (Å²) in [4.78, 5) is 2.79. The Morgan fingerprint density at radius 2 is 1.71 bits per heavy atom. The van der Waals surface area contributed by atoms with E-state index in [4.69, 9.17) is 0 Å². The Labute approximate surface area is 108 Å². The van der Waals surface area contributed by atoms with Gasteiger partial charge in [0.2, 0.25) is 0 Å². The Kier molecular flexibility index (Phi) is 6.50. The standard InChI is InChI=1S/C15H32N2/c1-12(2)11-17(15-8-6-7-9-15)14(4)13(3)10-16-5/h12-16H,6-11H2,1-5H3. The Balaban J connectivity index is 2.60. The lowest BCUT2D eigenvalue weighted by atomic mass is 9.98. The minimum absolute atomic E-state index is 0.702. The van der Waals surface area contributed by atoms with Crippen LogP contribution in [0.4, 0.5) is 0 Å². The van der Waals surface area contributed by atoms with E-state index in [1.54, 1.807) is 0 Å². The van der Waals surface area contributed by atoms with Crippen LogP contribution in [0.3, 0.4) is 0 Å². The highest BCUT2D eigenvalue weighted by Gasteiger charge is 2.29. The predicted molar refractivity (Wildman–Crippen MR) is 76.4 cm³/mol. The second-order valence-electron chi connectivity index (χ2n) is 6.30. The summed E-state index contributed by atoms with van der Waals surface area (Å²) in [5.41, 5.74) is 0. The van der Waals surface area contributed by atoms with Crippen LogP contribution in [0, 0.1) is 11.8 Å². The van der Waals surface area contributed by atoms with Crippen molar-refractivity contribution in [2.45, 2.75) is 65.5 Å². The monoisotopic (exact) mass is 240 g/mol. The van der Waals surface area contributed by atoms with Gasteiger partial charge in [-0.15, -0.1) is 0 Å². The molecular formula is C15H32N2. The van der Waals surface area contributed by atoms with Gasteiger partial charge < -0.3 is 5.32 Å². The first-order chi connectivity index (χ1) is 8.06. The van der Waals surface area contributed by atoms with Gasteiger partial charge in [0.25, 0.3) is 0 Å². The molecule has 1 fully saturated rings. The third kappa shape index (κ3) is 4.59. The minimum atomic E-state index is 0.702. The largest absolute Gasteiger partial charge is 0.319 e. The first-order valence-electron chi connectivity index (χ1n) is 7.46. The molecular weight excluding hydrogens is 208 g/mol. The molecule has 1 aliphatic carbocycles. The van der Waals surface area contributed by atoms with Gasteiger partial charge in [0.05, 0.1) is 0 Å². The summed E-state index contributed by atoms with van der Waals surface area (Å²) in [5, 5.41) is 3.32. The maximum Gasteiger partial charge on any atom is 0.0108 e. The van der Waals surface area contributed by atoms with Crippen molar-refractivity contribution < 1.29 is 0 Å². The van der Waals surface area contributed by atoms with E-state index in [2.05, 4.69) is 45.0 Å². The van der Waals surface area contributed by atoms with Crippen LogP contribution in [0.25, 0.3) is 0 Å². The highest BCUT2D eigenvalue weighted by molar-refractivity contribution is 4.84. The lowest BCUT2D eigenvalue weighted by Crippen LogP contribution is -2.47. The molecule has 0 radical (unpaired) electrons. The molecule has 102 valence electrons. The predicted octanol–water partition coefficient (Wildman–Crippen LogP) is 3.13. The molecule has 0 bridgehead atoms. The lowest BCUT2D eigenvalue weighted by molar-refractivity contribution is 0.0947. The molecule has 0 saturated heterocycles. The van der Waals surface area contributed by atoms with E-state index < -0.39 is 0 Å². The van der Waals surface area contributed by atoms with Crippen molar-refractivity contribution in [1.82, 2.24) is 10.2 Å². The number of hydrogen-bond acceptors (Lipinski definition) is 2. The molecule has 2 unspecified atom stereocenters. The van der Waals surface area contributed by atoms with Crippen LogP contribution in [-0.2, 0) is 0 Å². The van der Waals surface area contributed by atoms with E-state index in [0.717, 1.165) is 24.4 Å². The summed E-state index contributed by atoms with van der Waals surface area (Å²) in [6, 6.07) is 1.56. The molecule has 1 aliphatic rings. The molecule has 2 nitrogen and oxygen atoms in total. The van der Waals surface area contributed by atoms with Crippen LogP contribution in [0.15, 0.2) is 0 Å². The summed E-state index contributed by atoms with van der Waals surface area (Å²) >= 11 is 0. The van der Waals surface area contributed by atoms with E-state index in [1.807, 2.05) is 0 Å². The molecule has 2 atom stereocenters. The fourth-order valence-electron chi connectivity index (χ4n) is 3.12. The smallest absolute Gasteiger partial charge is 0.0108 e. The number of nitrogens with one attached hydrogen (secondary N) is 1. The first kappa shape index (κ1) is 15.0. The molecule has 1 rings (SSSR count). The molecule has 17 heavy (non-hydrogen) atoms. The van der Waals surface area contributed by atoms with Crippen molar-refractivity contribution in [3.05, 3.63) is 0 Å². The fourth-order valence-corrected chi connectivity index (χ4v) is 3.12. The van der Waals surface area contributed by atoms with E-state index in [-0.39, 0.29) is 0 Å². The summed E-state index contributed by atoms with van der Waals surface area (Å²) in [7, 11) is 2.06. The van der Waals surface area contributed by atoms with Gasteiger partial charge in [0.15, 0.2) is 0 Å². The summed E-state index contributed by atoms with van der Waals surface area (Å²) in [5.74, 6) is 1.51. The highest BCUT2D eigenvalue weighted by atomic mass is 15.2. The van der Waals surface area contributed by atoms with Crippen molar-refractivity contribution in [3.8, 4) is 0 Å². The van der Waals surface area contributed by atoms with Crippen LogP contribution in [0.1, 0.15) is 53.4 Å². The van der Waals surface area contributed by atoms with Gasteiger partial charge >= 0.3 is 0 Å². The molecule has 0 spiro atoms. The van der Waals surface area contributed by atoms with Crippen LogP contribution in [-0.4, -0.2) is 37.1 Å². The average Bonchev–Trinajstić information content (AvgIpc) is 2.78. The topological polar surface area (TPSA) is 15.3 Å². The SMILES string of the molecule is CNCC(C)C(C)N(CC(C)C)C1CCCC1. The molecule has 2 heteroatoms. The van der Waals surface area contributed by atoms with Crippen molar-refractivity contribution in [2.75, 3.05) is 20.1 Å². The van der Waals surface area contributed by atoms with Gasteiger partial charge in [-0.1, -0.05) is 33.6 Å². The van der Waals surface area contributed by atoms with E-state index in [1.165, 1.54) is 32.2 Å². The van der Waals surface area contributed by atoms with Crippen molar-refractivity contribution in [2.24, 2.45) is 11.8 Å². The Hall–Kier alpha value is -0.0800. The van der Waals surface area contributed by atoms with E-state index in [9.17, 15) is 0 Å². The first-order valence-corrected chi connectivity index (χ1v) is 7.46. The molecule has 1 saturated carbocycles. The van der Waals surface area contributed by atoms with Gasteiger partial charge in [-0.3, -0.25) is 4.90 Å². The zero-order valence-electron chi connectivity index (χ0n) is 12.5. The van der Waals surface area contributed by atoms with Gasteiger partial charge in [-0.05, 0) is 45.2 Å². The zero-order valence-corrected chi connectivity index (χ0v) is 12.5. The maximum atomic E-state index is 3.32. The van der Waals surface area contributed by atoms with Crippen molar-refractivity contribution in [3.63, 3.8) is 0 Å². The summed E-state index contributed by atoms with van der Waals surface area (Å²) < 4.78 is 0. The third-order valence-electron chi connectivity index (χ3n) is 4.24. The van der Waals surface area contributed by atoms with E-state index in [0.29, 0.717) is 6.04 Å². The van der Waals surface area contributed by atoms with Gasteiger partial charge in [-0.25, -0.2) is 0 Å². The zero-order chi connectivity index (χ0) is 12.8. The number of rotatable bonds is 7. The number of hydrogen-bond donors (Lipinski definition) is 1. The quantitative estimate of drug-likeness (QED) is 0.735. The fraction of sp³-hybridized carbons (Fsp3) is 1.00. The lowest BCUT2D eigenvalue weighted by Gasteiger charge is -2.39. The van der Waals surface area contributed by atoms with Crippen molar-refractivity contribution >= 4 is 0 Å². The van der Waals surface area contributed by atoms with Crippen LogP contribution >= 0.6 is 0 Å². The molecule has 0 amide bonds. The molecule has 0 aromatic carbocycles. The normalized spacial score (nSPS) is 21.4. The second-order valence-corrected chi connectivity index (χ2v) is 6.30. The van der Waals surface area contributed by atoms with Crippen LogP contribution < -0.4 is 5.32 Å². The van der Waals surface area contributed by atoms with Crippen LogP contribution in [0.2, 0.25) is 0 Å². The Morgan fingerprint density at radius 3 is 2.18 bits per heavy atom. The summed E-state index contributed by atoms with van der Waals surface area (Å²) in [6.07, 6.45) is 5.71. The average molecular weight is 240 g/mol. The van der Waals surface area contributed by atoms with Crippen LogP contribution in [0.5, 0.6) is 0 Å². The highest BCUT2D eigenvalue weighted by Crippen LogP contribution is 2.27. The maximum absolute atomic E-state index is 3.32. The van der Waals surface area contributed by atoms with E-state index >= 15 is 0 Å². The number of nitrogens with zero attached hydrogens (tertiary/aromatic N) is 1. The van der Waals surface area contributed by atoms with Gasteiger partial charge in [0.1, 0.15) is 0 Å². The molecule has 0 aliphatic heterocycles. The third-order valence-corrected chi connectivity index (χ3v) is 4.24. The Morgan fingerprint density at radius 1 is 1.12 bits per heavy atom. The molecule has 0 aromatic heterocycles. The summed E-state index contributed by atoms with van der Waals surface area (Å²) in [6.45, 7) is 11.9. The molecule has 0 heterocycles. The van der Waals surface area contributed by atoms with Crippen molar-refractivity contribution in [1.29, 1.82) is 0 Å². The van der Waals surface area contributed by atoms with Gasteiger partial charge in [0, 0.05) is 18.6 Å². The second kappa shape index (κ2) is 7.38. The molecule has 1 N–H and O–H groups in total. The minimum Gasteiger partial charge on any atom is -0.319 e.